The zero-order chi connectivity index (χ0) is 54.1. The zero-order valence-corrected chi connectivity index (χ0v) is 50.3. The molecule has 2 unspecified atom stereocenters. The van der Waals surface area contributed by atoms with Crippen LogP contribution in [0.5, 0.6) is 0 Å². The van der Waals surface area contributed by atoms with E-state index in [-0.39, 0.29) is 12.5 Å². The van der Waals surface area contributed by atoms with Gasteiger partial charge in [-0.15, -0.1) is 0 Å². The quantitative estimate of drug-likeness (QED) is 0.0420. The molecule has 75 heavy (non-hydrogen) atoms. The highest BCUT2D eigenvalue weighted by Crippen LogP contribution is 2.18. The molecule has 0 rings (SSSR count). The van der Waals surface area contributed by atoms with Crippen LogP contribution in [0.4, 0.5) is 0 Å². The van der Waals surface area contributed by atoms with Crippen LogP contribution in [0.2, 0.25) is 0 Å². The van der Waals surface area contributed by atoms with Gasteiger partial charge in [0.1, 0.15) is 0 Å². The molecule has 0 saturated carbocycles. The first kappa shape index (κ1) is 72.6. The topological polar surface area (TPSA) is 69.6 Å². The molecule has 4 heteroatoms. The maximum atomic E-state index is 12.5. The summed E-state index contributed by atoms with van der Waals surface area (Å²) in [6, 6.07) is -0.539. The maximum absolute atomic E-state index is 12.5. The minimum absolute atomic E-state index is 0.0269. The molecule has 0 fully saturated rings. The predicted octanol–water partition coefficient (Wildman–Crippen LogP) is 22.7. The number of nitrogens with one attached hydrogen (secondary N) is 1. The Balaban J connectivity index is 3.44. The van der Waals surface area contributed by atoms with Crippen molar-refractivity contribution in [2.45, 2.75) is 353 Å². The molecule has 0 bridgehead atoms. The largest absolute Gasteiger partial charge is 0.394 e. The van der Waals surface area contributed by atoms with Gasteiger partial charge in [0, 0.05) is 6.42 Å². The highest BCUT2D eigenvalue weighted by atomic mass is 16.3. The Labute approximate surface area is 469 Å². The molecule has 4 nitrogen and oxygen atoms in total. The smallest absolute Gasteiger partial charge is 0.220 e. The lowest BCUT2D eigenvalue weighted by Crippen LogP contribution is -2.45. The monoisotopic (exact) mass is 1040 g/mol. The van der Waals surface area contributed by atoms with Gasteiger partial charge in [0.15, 0.2) is 0 Å². The van der Waals surface area contributed by atoms with Crippen LogP contribution < -0.4 is 5.32 Å². The molecular formula is C71H129NO3. The lowest BCUT2D eigenvalue weighted by molar-refractivity contribution is -0.123. The minimum atomic E-state index is -0.662. The SMILES string of the molecule is CC/C=C\C/C=C\C/C=C\C/C=C\C/C=C\C/C=C\C/C=C\CCCCCCCCCCCCCCCCCCCCCC(=O)NC(CO)C(O)CCCCCCCCCCCCCCCCCCCCCCCC. The van der Waals surface area contributed by atoms with Crippen molar-refractivity contribution >= 4 is 5.91 Å². The number of allylic oxidation sites excluding steroid dienone is 14. The van der Waals surface area contributed by atoms with E-state index in [0.717, 1.165) is 70.6 Å². The molecule has 2 atom stereocenters. The standard InChI is InChI=1S/C71H129NO3/c1-3-5-7-9-11-13-15-17-19-21-23-25-27-28-29-30-31-32-33-34-35-36-37-38-39-40-41-42-43-44-45-47-49-51-53-55-57-59-61-63-65-67-71(75)72-69(68-73)70(74)66-64-62-60-58-56-54-52-50-48-46-26-24-22-20-18-16-14-12-10-8-6-4-2/h5,7,11,13,17,19,23,25,28-29,31-32,34-35,69-70,73-74H,3-4,6,8-10,12,14-16,18,20-22,24,26-27,30,33,36-68H2,1-2H3,(H,72,75)/b7-5-,13-11-,19-17-,25-23-,29-28-,32-31-,35-34-. The molecule has 0 aromatic carbocycles. The van der Waals surface area contributed by atoms with Gasteiger partial charge in [-0.1, -0.05) is 349 Å². The summed E-state index contributed by atoms with van der Waals surface area (Å²) in [5.41, 5.74) is 0. The van der Waals surface area contributed by atoms with Crippen molar-refractivity contribution in [3.63, 3.8) is 0 Å². The second kappa shape index (κ2) is 65.9. The summed E-state index contributed by atoms with van der Waals surface area (Å²) in [4.78, 5) is 12.5. The fourth-order valence-corrected chi connectivity index (χ4v) is 10.2. The Morgan fingerprint density at radius 3 is 0.880 bits per heavy atom. The molecule has 436 valence electrons. The average molecular weight is 1040 g/mol. The van der Waals surface area contributed by atoms with E-state index in [9.17, 15) is 15.0 Å². The van der Waals surface area contributed by atoms with Crippen LogP contribution in [-0.4, -0.2) is 34.9 Å². The number of unbranched alkanes of at least 4 members (excludes halogenated alkanes) is 40. The van der Waals surface area contributed by atoms with Gasteiger partial charge in [-0.3, -0.25) is 4.79 Å². The first-order chi connectivity index (χ1) is 37.2. The molecule has 0 spiro atoms. The Kier molecular flexibility index (Phi) is 63.7. The highest BCUT2D eigenvalue weighted by molar-refractivity contribution is 5.76. The third-order valence-corrected chi connectivity index (χ3v) is 15.2. The molecular weight excluding hydrogens is 915 g/mol. The third kappa shape index (κ3) is 62.3. The molecule has 0 aliphatic heterocycles. The van der Waals surface area contributed by atoms with Crippen LogP contribution in [0.25, 0.3) is 0 Å². The Morgan fingerprint density at radius 2 is 0.587 bits per heavy atom. The summed E-state index contributed by atoms with van der Waals surface area (Å²) in [7, 11) is 0. The van der Waals surface area contributed by atoms with Gasteiger partial charge in [0.2, 0.25) is 5.91 Å². The molecule has 1 amide bonds. The van der Waals surface area contributed by atoms with E-state index in [1.54, 1.807) is 0 Å². The molecule has 0 aliphatic rings. The van der Waals surface area contributed by atoms with E-state index >= 15 is 0 Å². The van der Waals surface area contributed by atoms with E-state index in [1.807, 2.05) is 0 Å². The van der Waals surface area contributed by atoms with Crippen molar-refractivity contribution in [1.82, 2.24) is 5.32 Å². The fourth-order valence-electron chi connectivity index (χ4n) is 10.2. The van der Waals surface area contributed by atoms with Gasteiger partial charge >= 0.3 is 0 Å². The first-order valence-corrected chi connectivity index (χ1v) is 33.3. The van der Waals surface area contributed by atoms with Gasteiger partial charge in [0.05, 0.1) is 18.8 Å². The number of aliphatic hydroxyl groups is 2. The summed E-state index contributed by atoms with van der Waals surface area (Å²) in [6.45, 7) is 4.27. The third-order valence-electron chi connectivity index (χ3n) is 15.2. The summed E-state index contributed by atoms with van der Waals surface area (Å²) >= 11 is 0. The molecule has 0 radical (unpaired) electrons. The van der Waals surface area contributed by atoms with Crippen LogP contribution in [0.3, 0.4) is 0 Å². The number of rotatable bonds is 61. The predicted molar refractivity (Wildman–Crippen MR) is 336 cm³/mol. The Morgan fingerprint density at radius 1 is 0.333 bits per heavy atom. The zero-order valence-electron chi connectivity index (χ0n) is 50.3. The van der Waals surface area contributed by atoms with Crippen LogP contribution >= 0.6 is 0 Å². The van der Waals surface area contributed by atoms with Gasteiger partial charge < -0.3 is 15.5 Å². The molecule has 0 aromatic rings. The van der Waals surface area contributed by atoms with Crippen molar-refractivity contribution in [2.24, 2.45) is 0 Å². The van der Waals surface area contributed by atoms with E-state index in [2.05, 4.69) is 104 Å². The highest BCUT2D eigenvalue weighted by Gasteiger charge is 2.20. The number of hydrogen-bond donors (Lipinski definition) is 3. The summed E-state index contributed by atoms with van der Waals surface area (Å²) in [6.07, 6.45) is 96.2. The Hall–Kier alpha value is -2.43. The van der Waals surface area contributed by atoms with Gasteiger partial charge in [-0.25, -0.2) is 0 Å². The number of hydrogen-bond acceptors (Lipinski definition) is 3. The van der Waals surface area contributed by atoms with E-state index in [1.165, 1.54) is 244 Å². The maximum Gasteiger partial charge on any atom is 0.220 e. The second-order valence-electron chi connectivity index (χ2n) is 22.5. The van der Waals surface area contributed by atoms with Crippen LogP contribution in [0.1, 0.15) is 341 Å². The molecule has 0 aliphatic carbocycles. The number of aliphatic hydroxyl groups excluding tert-OH is 2. The van der Waals surface area contributed by atoms with E-state index in [4.69, 9.17) is 0 Å². The Bertz CT molecular complexity index is 1320. The second-order valence-corrected chi connectivity index (χ2v) is 22.5. The summed E-state index contributed by atoms with van der Waals surface area (Å²) in [5.74, 6) is -0.0269. The molecule has 0 heterocycles. The summed E-state index contributed by atoms with van der Waals surface area (Å²) < 4.78 is 0. The number of carbonyl (C=O) groups excluding carboxylic acids is 1. The van der Waals surface area contributed by atoms with E-state index in [0.29, 0.717) is 12.8 Å². The van der Waals surface area contributed by atoms with Crippen molar-refractivity contribution < 1.29 is 15.0 Å². The fraction of sp³-hybridized carbons (Fsp3) is 0.789. The van der Waals surface area contributed by atoms with Gasteiger partial charge in [-0.2, -0.15) is 0 Å². The summed E-state index contributed by atoms with van der Waals surface area (Å²) in [5, 5.41) is 23.4. The lowest BCUT2D eigenvalue weighted by atomic mass is 10.0. The van der Waals surface area contributed by atoms with Gasteiger partial charge in [0.25, 0.3) is 0 Å². The molecule has 3 N–H and O–H groups in total. The van der Waals surface area contributed by atoms with Crippen molar-refractivity contribution in [1.29, 1.82) is 0 Å². The molecule has 0 saturated heterocycles. The van der Waals surface area contributed by atoms with Crippen LogP contribution in [0.15, 0.2) is 85.1 Å². The van der Waals surface area contributed by atoms with Crippen LogP contribution in [-0.2, 0) is 4.79 Å². The van der Waals surface area contributed by atoms with Crippen molar-refractivity contribution in [3.05, 3.63) is 85.1 Å². The molecule has 0 aromatic heterocycles. The van der Waals surface area contributed by atoms with Crippen LogP contribution in [0, 0.1) is 0 Å². The minimum Gasteiger partial charge on any atom is -0.394 e. The average Bonchev–Trinajstić information content (AvgIpc) is 3.41. The van der Waals surface area contributed by atoms with Crippen molar-refractivity contribution in [2.75, 3.05) is 6.61 Å². The lowest BCUT2D eigenvalue weighted by Gasteiger charge is -2.22. The van der Waals surface area contributed by atoms with Gasteiger partial charge in [-0.05, 0) is 70.6 Å². The van der Waals surface area contributed by atoms with E-state index < -0.39 is 12.1 Å². The van der Waals surface area contributed by atoms with Crippen molar-refractivity contribution in [3.8, 4) is 0 Å². The first-order valence-electron chi connectivity index (χ1n) is 33.3. The normalized spacial score (nSPS) is 13.3. The number of amides is 1. The number of carbonyl (C=O) groups is 1.